The Balaban J connectivity index is 1.90. The van der Waals surface area contributed by atoms with Gasteiger partial charge in [-0.2, -0.15) is 0 Å². The summed E-state index contributed by atoms with van der Waals surface area (Å²) in [6, 6.07) is 15.2. The van der Waals surface area contributed by atoms with E-state index < -0.39 is 0 Å². The zero-order valence-corrected chi connectivity index (χ0v) is 13.0. The van der Waals surface area contributed by atoms with Crippen molar-refractivity contribution in [1.29, 1.82) is 0 Å². The maximum absolute atomic E-state index is 12.0. The summed E-state index contributed by atoms with van der Waals surface area (Å²) in [6.07, 6.45) is 0.189. The fraction of sp³-hybridized carbons (Fsp3) is 0.167. The minimum absolute atomic E-state index is 0.00172. The molecular weight excluding hydrogens is 290 g/mol. The molecule has 1 amide bonds. The van der Waals surface area contributed by atoms with Crippen molar-refractivity contribution in [3.05, 3.63) is 59.7 Å². The Morgan fingerprint density at radius 1 is 1.17 bits per heavy atom. The average Bonchev–Trinajstić information content (AvgIpc) is 2.77. The highest BCUT2D eigenvalue weighted by Gasteiger charge is 2.14. The van der Waals surface area contributed by atoms with Crippen LogP contribution < -0.4 is 0 Å². The standard InChI is InChI=1S/C18H17N3O2/c1-12-8-9-15-14(10-12)17(18(23)21(15)2)20-19-16(22)11-13-6-4-3-5-7-13/h3-10,23H,11H2,1-2H3. The molecule has 0 saturated heterocycles. The summed E-state index contributed by atoms with van der Waals surface area (Å²) in [5.41, 5.74) is 3.11. The lowest BCUT2D eigenvalue weighted by atomic mass is 10.1. The van der Waals surface area contributed by atoms with E-state index in [1.807, 2.05) is 55.5 Å². The van der Waals surface area contributed by atoms with Crippen LogP contribution in [0, 0.1) is 6.92 Å². The van der Waals surface area contributed by atoms with Crippen LogP contribution in [0.15, 0.2) is 58.8 Å². The molecule has 3 aromatic rings. The molecule has 0 aliphatic rings. The molecule has 3 rings (SSSR count). The van der Waals surface area contributed by atoms with Gasteiger partial charge in [0.25, 0.3) is 5.91 Å². The van der Waals surface area contributed by atoms with Gasteiger partial charge in [0.05, 0.1) is 11.9 Å². The molecule has 0 aliphatic carbocycles. The maximum Gasteiger partial charge on any atom is 0.269 e. The molecular formula is C18H17N3O2. The molecule has 2 aromatic carbocycles. The minimum atomic E-state index is -0.347. The maximum atomic E-state index is 12.0. The number of carbonyl (C=O) groups excluding carboxylic acids is 1. The van der Waals surface area contributed by atoms with E-state index in [0.717, 1.165) is 22.0 Å². The van der Waals surface area contributed by atoms with Gasteiger partial charge in [-0.1, -0.05) is 42.0 Å². The van der Waals surface area contributed by atoms with Crippen LogP contribution in [0.5, 0.6) is 5.88 Å². The highest BCUT2D eigenvalue weighted by atomic mass is 16.3. The van der Waals surface area contributed by atoms with Crippen molar-refractivity contribution in [1.82, 2.24) is 4.57 Å². The topological polar surface area (TPSA) is 66.9 Å². The first-order chi connectivity index (χ1) is 11.1. The number of carbonyl (C=O) groups is 1. The summed E-state index contributed by atoms with van der Waals surface area (Å²) in [7, 11) is 1.75. The number of hydrogen-bond donors (Lipinski definition) is 1. The van der Waals surface area contributed by atoms with E-state index >= 15 is 0 Å². The molecule has 0 unspecified atom stereocenters. The van der Waals surface area contributed by atoms with Crippen LogP contribution in [0.1, 0.15) is 11.1 Å². The van der Waals surface area contributed by atoms with Gasteiger partial charge in [0.1, 0.15) is 0 Å². The van der Waals surface area contributed by atoms with Crippen LogP contribution in [0.25, 0.3) is 10.9 Å². The summed E-state index contributed by atoms with van der Waals surface area (Å²) >= 11 is 0. The number of aromatic nitrogens is 1. The Hall–Kier alpha value is -2.95. The van der Waals surface area contributed by atoms with E-state index in [-0.39, 0.29) is 18.2 Å². The molecule has 0 radical (unpaired) electrons. The molecule has 116 valence electrons. The summed E-state index contributed by atoms with van der Waals surface area (Å²) in [5.74, 6) is -0.345. The number of hydrogen-bond acceptors (Lipinski definition) is 3. The van der Waals surface area contributed by atoms with Gasteiger partial charge in [0, 0.05) is 12.4 Å². The van der Waals surface area contributed by atoms with Crippen molar-refractivity contribution in [3.63, 3.8) is 0 Å². The molecule has 0 fully saturated rings. The molecule has 5 nitrogen and oxygen atoms in total. The fourth-order valence-corrected chi connectivity index (χ4v) is 2.54. The van der Waals surface area contributed by atoms with Crippen LogP contribution in [0.2, 0.25) is 0 Å². The Labute approximate surface area is 133 Å². The Kier molecular flexibility index (Phi) is 3.93. The summed E-state index contributed by atoms with van der Waals surface area (Å²) in [6.45, 7) is 1.96. The van der Waals surface area contributed by atoms with Crippen molar-refractivity contribution in [2.45, 2.75) is 13.3 Å². The van der Waals surface area contributed by atoms with Gasteiger partial charge in [-0.05, 0) is 24.6 Å². The highest BCUT2D eigenvalue weighted by Crippen LogP contribution is 2.38. The first kappa shape index (κ1) is 15.0. The first-order valence-electron chi connectivity index (χ1n) is 7.33. The quantitative estimate of drug-likeness (QED) is 0.742. The predicted molar refractivity (Wildman–Crippen MR) is 89.0 cm³/mol. The number of rotatable bonds is 3. The SMILES string of the molecule is Cc1ccc2c(c1)c(N=NC(=O)Cc1ccccc1)c(O)n2C. The smallest absolute Gasteiger partial charge is 0.269 e. The number of azo groups is 1. The Morgan fingerprint density at radius 2 is 1.91 bits per heavy atom. The normalized spacial score (nSPS) is 11.4. The van der Waals surface area contributed by atoms with Crippen LogP contribution in [-0.2, 0) is 18.3 Å². The fourth-order valence-electron chi connectivity index (χ4n) is 2.54. The van der Waals surface area contributed by atoms with E-state index in [2.05, 4.69) is 10.2 Å². The van der Waals surface area contributed by atoms with E-state index in [1.54, 1.807) is 11.6 Å². The second-order valence-electron chi connectivity index (χ2n) is 5.51. The molecule has 5 heteroatoms. The molecule has 0 spiro atoms. The Morgan fingerprint density at radius 3 is 2.65 bits per heavy atom. The van der Waals surface area contributed by atoms with E-state index in [4.69, 9.17) is 0 Å². The van der Waals surface area contributed by atoms with Crippen molar-refractivity contribution in [2.24, 2.45) is 17.3 Å². The number of fused-ring (bicyclic) bond motifs is 1. The molecule has 0 atom stereocenters. The third-order valence-corrected chi connectivity index (χ3v) is 3.76. The van der Waals surface area contributed by atoms with Crippen molar-refractivity contribution in [2.75, 3.05) is 0 Å². The van der Waals surface area contributed by atoms with Crippen molar-refractivity contribution >= 4 is 22.5 Å². The monoisotopic (exact) mass is 307 g/mol. The van der Waals surface area contributed by atoms with Crippen molar-refractivity contribution in [3.8, 4) is 5.88 Å². The molecule has 0 bridgehead atoms. The minimum Gasteiger partial charge on any atom is -0.493 e. The number of nitrogens with zero attached hydrogens (tertiary/aromatic N) is 3. The van der Waals surface area contributed by atoms with Crippen LogP contribution in [-0.4, -0.2) is 15.6 Å². The average molecular weight is 307 g/mol. The summed E-state index contributed by atoms with van der Waals surface area (Å²) < 4.78 is 1.63. The molecule has 1 aromatic heterocycles. The number of aromatic hydroxyl groups is 1. The van der Waals surface area contributed by atoms with E-state index in [9.17, 15) is 9.90 Å². The third-order valence-electron chi connectivity index (χ3n) is 3.76. The number of amides is 1. The van der Waals surface area contributed by atoms with Gasteiger partial charge >= 0.3 is 0 Å². The first-order valence-corrected chi connectivity index (χ1v) is 7.33. The van der Waals surface area contributed by atoms with E-state index in [0.29, 0.717) is 5.69 Å². The second kappa shape index (κ2) is 6.04. The predicted octanol–water partition coefficient (Wildman–Crippen LogP) is 4.05. The van der Waals surface area contributed by atoms with Gasteiger partial charge in [-0.3, -0.25) is 4.79 Å². The van der Waals surface area contributed by atoms with Gasteiger partial charge in [-0.25, -0.2) is 0 Å². The zero-order chi connectivity index (χ0) is 16.4. The molecule has 23 heavy (non-hydrogen) atoms. The van der Waals surface area contributed by atoms with Crippen LogP contribution in [0.4, 0.5) is 5.69 Å². The molecule has 0 saturated carbocycles. The zero-order valence-electron chi connectivity index (χ0n) is 13.0. The number of benzene rings is 2. The molecule has 1 heterocycles. The number of aryl methyl sites for hydroxylation is 2. The molecule has 1 N–H and O–H groups in total. The van der Waals surface area contributed by atoms with Gasteiger partial charge < -0.3 is 9.67 Å². The molecule has 0 aliphatic heterocycles. The van der Waals surface area contributed by atoms with E-state index in [1.165, 1.54) is 0 Å². The summed E-state index contributed by atoms with van der Waals surface area (Å²) in [4.78, 5) is 12.0. The van der Waals surface area contributed by atoms with Gasteiger partial charge in [0.2, 0.25) is 5.88 Å². The Bertz CT molecular complexity index is 896. The van der Waals surface area contributed by atoms with Crippen molar-refractivity contribution < 1.29 is 9.90 Å². The highest BCUT2D eigenvalue weighted by molar-refractivity contribution is 5.95. The lowest BCUT2D eigenvalue weighted by Crippen LogP contribution is -1.97. The lowest BCUT2D eigenvalue weighted by molar-refractivity contribution is -0.117. The second-order valence-corrected chi connectivity index (χ2v) is 5.51. The van der Waals surface area contributed by atoms with Crippen LogP contribution >= 0.6 is 0 Å². The summed E-state index contributed by atoms with van der Waals surface area (Å²) in [5, 5.41) is 18.7. The largest absolute Gasteiger partial charge is 0.493 e. The lowest BCUT2D eigenvalue weighted by Gasteiger charge is -1.96. The van der Waals surface area contributed by atoms with Gasteiger partial charge in [-0.15, -0.1) is 10.2 Å². The van der Waals surface area contributed by atoms with Gasteiger partial charge in [0.15, 0.2) is 5.69 Å². The third kappa shape index (κ3) is 2.99. The van der Waals surface area contributed by atoms with Crippen LogP contribution in [0.3, 0.4) is 0 Å².